The molecule has 0 saturated carbocycles. The molecule has 0 radical (unpaired) electrons. The number of benzene rings is 2. The Labute approximate surface area is 172 Å². The average molecular weight is 409 g/mol. The third kappa shape index (κ3) is 3.29. The fraction of sp³-hybridized carbons (Fsp3) is 0.304. The Kier molecular flexibility index (Phi) is 4.62. The van der Waals surface area contributed by atoms with E-state index in [-0.39, 0.29) is 11.3 Å². The molecule has 0 aromatic heterocycles. The molecule has 2 atom stereocenters. The van der Waals surface area contributed by atoms with Crippen molar-refractivity contribution in [3.8, 4) is 0 Å². The summed E-state index contributed by atoms with van der Waals surface area (Å²) in [5.74, 6) is -0.01000. The molecule has 2 aromatic carbocycles. The molecule has 2 amide bonds. The summed E-state index contributed by atoms with van der Waals surface area (Å²) in [4.78, 5) is 27.4. The van der Waals surface area contributed by atoms with Crippen LogP contribution in [0.4, 0.5) is 19.3 Å². The number of Topliss-reactive ketones (excluding diaryl/α,β-unsaturated/α-hetero) is 1. The van der Waals surface area contributed by atoms with Gasteiger partial charge in [-0.15, -0.1) is 0 Å². The van der Waals surface area contributed by atoms with Crippen molar-refractivity contribution in [3.63, 3.8) is 0 Å². The summed E-state index contributed by atoms with van der Waals surface area (Å²) in [5.41, 5.74) is 3.38. The fourth-order valence-electron chi connectivity index (χ4n) is 4.33. The van der Waals surface area contributed by atoms with Gasteiger partial charge >= 0.3 is 6.03 Å². The first-order valence-corrected chi connectivity index (χ1v) is 10.1. The Morgan fingerprint density at radius 1 is 1.00 bits per heavy atom. The average Bonchev–Trinajstić information content (AvgIpc) is 3.59. The van der Waals surface area contributed by atoms with Gasteiger partial charge in [0.25, 0.3) is 6.43 Å². The van der Waals surface area contributed by atoms with Crippen molar-refractivity contribution in [1.82, 2.24) is 10.6 Å². The molecule has 2 aromatic rings. The van der Waals surface area contributed by atoms with E-state index in [1.54, 1.807) is 6.07 Å². The largest absolute Gasteiger partial charge is 0.327 e. The van der Waals surface area contributed by atoms with E-state index < -0.39 is 18.5 Å². The molecule has 3 aliphatic rings. The summed E-state index contributed by atoms with van der Waals surface area (Å²) in [5, 5.41) is 6.18. The lowest BCUT2D eigenvalue weighted by Gasteiger charge is -2.39. The minimum atomic E-state index is -2.63. The van der Waals surface area contributed by atoms with Crippen LogP contribution in [-0.2, 0) is 4.79 Å². The number of carbonyl (C=O) groups excluding carboxylic acids is 2. The number of alkyl halides is 2. The first-order valence-electron chi connectivity index (χ1n) is 10.1. The van der Waals surface area contributed by atoms with Crippen LogP contribution in [-0.4, -0.2) is 18.4 Å². The number of urea groups is 1. The monoisotopic (exact) mass is 409 g/mol. The summed E-state index contributed by atoms with van der Waals surface area (Å²) in [6, 6.07) is 13.1. The maximum absolute atomic E-state index is 13.2. The van der Waals surface area contributed by atoms with Gasteiger partial charge in [0, 0.05) is 35.8 Å². The van der Waals surface area contributed by atoms with E-state index in [1.807, 2.05) is 24.3 Å². The highest BCUT2D eigenvalue weighted by Gasteiger charge is 2.39. The van der Waals surface area contributed by atoms with Crippen LogP contribution in [0.15, 0.2) is 59.8 Å². The van der Waals surface area contributed by atoms with E-state index in [0.717, 1.165) is 12.1 Å². The summed E-state index contributed by atoms with van der Waals surface area (Å²) in [6.45, 7) is 0.958. The van der Waals surface area contributed by atoms with Crippen LogP contribution in [0, 0.1) is 0 Å². The van der Waals surface area contributed by atoms with Crippen LogP contribution >= 0.6 is 0 Å². The Morgan fingerprint density at radius 3 is 2.43 bits per heavy atom. The van der Waals surface area contributed by atoms with E-state index in [9.17, 15) is 18.4 Å². The molecular formula is C23H21F2N3O2. The van der Waals surface area contributed by atoms with Crippen LogP contribution in [0.5, 0.6) is 0 Å². The Morgan fingerprint density at radius 2 is 1.73 bits per heavy atom. The molecule has 5 rings (SSSR count). The molecule has 30 heavy (non-hydrogen) atoms. The number of carbonyl (C=O) groups is 2. The number of anilines is 1. The van der Waals surface area contributed by atoms with Crippen LogP contribution in [0.25, 0.3) is 0 Å². The van der Waals surface area contributed by atoms with Crippen molar-refractivity contribution in [3.05, 3.63) is 76.5 Å². The van der Waals surface area contributed by atoms with Gasteiger partial charge in [-0.3, -0.25) is 9.69 Å². The Balaban J connectivity index is 1.57. The number of amides is 2. The Bertz CT molecular complexity index is 1040. The van der Waals surface area contributed by atoms with Gasteiger partial charge in [-0.2, -0.15) is 0 Å². The molecule has 7 heteroatoms. The van der Waals surface area contributed by atoms with Crippen LogP contribution < -0.4 is 15.5 Å². The number of rotatable bonds is 4. The lowest BCUT2D eigenvalue weighted by molar-refractivity contribution is -0.116. The maximum Gasteiger partial charge on any atom is 0.327 e. The highest BCUT2D eigenvalue weighted by atomic mass is 19.3. The summed E-state index contributed by atoms with van der Waals surface area (Å²) in [6.07, 6.45) is -1.03. The van der Waals surface area contributed by atoms with Gasteiger partial charge in [0.05, 0.1) is 11.7 Å². The number of halogens is 2. The zero-order valence-corrected chi connectivity index (χ0v) is 16.2. The van der Waals surface area contributed by atoms with Crippen molar-refractivity contribution in [2.45, 2.75) is 37.8 Å². The minimum Gasteiger partial charge on any atom is -0.326 e. The number of nitrogens with zero attached hydrogens (tertiary/aromatic N) is 1. The molecule has 1 fully saturated rings. The first-order chi connectivity index (χ1) is 14.5. The number of allylic oxidation sites excluding steroid dienone is 1. The SMILES string of the molecule is O=C1CCCC2=C1C(c1ccc(C3CN3)cc1)NC(=O)N2c1cccc(C(F)F)c1. The Hall–Kier alpha value is -3.06. The molecule has 2 unspecified atom stereocenters. The van der Waals surface area contributed by atoms with Crippen LogP contribution in [0.3, 0.4) is 0 Å². The normalized spacial score (nSPS) is 23.5. The zero-order valence-electron chi connectivity index (χ0n) is 16.2. The second kappa shape index (κ2) is 7.32. The molecular weight excluding hydrogens is 388 g/mol. The number of ketones is 1. The van der Waals surface area contributed by atoms with Gasteiger partial charge in [-0.05, 0) is 36.1 Å². The smallest absolute Gasteiger partial charge is 0.326 e. The summed E-state index contributed by atoms with van der Waals surface area (Å²) in [7, 11) is 0. The topological polar surface area (TPSA) is 71.4 Å². The van der Waals surface area contributed by atoms with Crippen molar-refractivity contribution < 1.29 is 18.4 Å². The number of hydrogen-bond donors (Lipinski definition) is 2. The van der Waals surface area contributed by atoms with Gasteiger partial charge in [0.2, 0.25) is 0 Å². The second-order valence-corrected chi connectivity index (χ2v) is 7.88. The molecule has 154 valence electrons. The van der Waals surface area contributed by atoms with E-state index in [4.69, 9.17) is 0 Å². The molecule has 1 saturated heterocycles. The molecule has 0 spiro atoms. The van der Waals surface area contributed by atoms with Gasteiger partial charge in [-0.1, -0.05) is 36.4 Å². The fourth-order valence-corrected chi connectivity index (χ4v) is 4.33. The summed E-state index contributed by atoms with van der Waals surface area (Å²) >= 11 is 0. The third-order valence-corrected chi connectivity index (χ3v) is 5.92. The highest BCUT2D eigenvalue weighted by Crippen LogP contribution is 2.40. The minimum absolute atomic E-state index is 0.01000. The van der Waals surface area contributed by atoms with Crippen molar-refractivity contribution >= 4 is 17.5 Å². The molecule has 2 N–H and O–H groups in total. The molecule has 2 heterocycles. The van der Waals surface area contributed by atoms with Gasteiger partial charge in [0.1, 0.15) is 0 Å². The van der Waals surface area contributed by atoms with E-state index in [1.165, 1.54) is 28.7 Å². The van der Waals surface area contributed by atoms with Gasteiger partial charge < -0.3 is 10.6 Å². The van der Waals surface area contributed by atoms with Gasteiger partial charge in [-0.25, -0.2) is 13.6 Å². The second-order valence-electron chi connectivity index (χ2n) is 7.88. The van der Waals surface area contributed by atoms with Crippen LogP contribution in [0.2, 0.25) is 0 Å². The van der Waals surface area contributed by atoms with Crippen molar-refractivity contribution in [2.24, 2.45) is 0 Å². The highest BCUT2D eigenvalue weighted by molar-refractivity contribution is 6.06. The van der Waals surface area contributed by atoms with Crippen LogP contribution in [0.1, 0.15) is 54.5 Å². The standard InChI is InChI=1S/C23H21F2N3O2/c24-22(25)15-3-1-4-16(11-15)28-18-5-2-6-19(29)20(18)21(27-23(28)30)14-9-7-13(8-10-14)17-12-26-17/h1,3-4,7-11,17,21-22,26H,2,5-6,12H2,(H,27,30). The van der Waals surface area contributed by atoms with Crippen molar-refractivity contribution in [2.75, 3.05) is 11.4 Å². The van der Waals surface area contributed by atoms with Crippen molar-refractivity contribution in [1.29, 1.82) is 0 Å². The van der Waals surface area contributed by atoms with E-state index in [0.29, 0.717) is 42.3 Å². The molecule has 5 nitrogen and oxygen atoms in total. The molecule has 2 aliphatic heterocycles. The van der Waals surface area contributed by atoms with Gasteiger partial charge in [0.15, 0.2) is 5.78 Å². The molecule has 1 aliphatic carbocycles. The lowest BCUT2D eigenvalue weighted by atomic mass is 9.84. The zero-order chi connectivity index (χ0) is 20.8. The lowest BCUT2D eigenvalue weighted by Crippen LogP contribution is -2.49. The first kappa shape index (κ1) is 18.9. The van der Waals surface area contributed by atoms with E-state index >= 15 is 0 Å². The molecule has 0 bridgehead atoms. The maximum atomic E-state index is 13.2. The predicted molar refractivity (Wildman–Crippen MR) is 108 cm³/mol. The predicted octanol–water partition coefficient (Wildman–Crippen LogP) is 4.55. The number of hydrogen-bond acceptors (Lipinski definition) is 3. The number of nitrogens with one attached hydrogen (secondary N) is 2. The third-order valence-electron chi connectivity index (χ3n) is 5.92. The quantitative estimate of drug-likeness (QED) is 0.728. The van der Waals surface area contributed by atoms with E-state index in [2.05, 4.69) is 10.6 Å². The summed E-state index contributed by atoms with van der Waals surface area (Å²) < 4.78 is 26.4.